The van der Waals surface area contributed by atoms with Crippen LogP contribution in [0.25, 0.3) is 0 Å². The number of nitrogens with zero attached hydrogens (tertiary/aromatic N) is 2. The molecule has 1 aromatic rings. The Labute approximate surface area is 100 Å². The predicted molar refractivity (Wildman–Crippen MR) is 60.7 cm³/mol. The van der Waals surface area contributed by atoms with Crippen LogP contribution in [-0.2, 0) is 11.3 Å². The lowest BCUT2D eigenvalue weighted by molar-refractivity contribution is -0.131. The maximum atomic E-state index is 11.7. The molecule has 1 aliphatic rings. The second kappa shape index (κ2) is 5.02. The third kappa shape index (κ3) is 2.48. The summed E-state index contributed by atoms with van der Waals surface area (Å²) in [6.45, 7) is 3.21. The normalized spacial score (nSPS) is 25.3. The fourth-order valence-corrected chi connectivity index (χ4v) is 2.09. The van der Waals surface area contributed by atoms with E-state index in [1.165, 1.54) is 0 Å². The van der Waals surface area contributed by atoms with Gasteiger partial charge in [0.15, 0.2) is 0 Å². The van der Waals surface area contributed by atoms with Crippen molar-refractivity contribution in [2.24, 2.45) is 0 Å². The van der Waals surface area contributed by atoms with Gasteiger partial charge in [0.05, 0.1) is 25.3 Å². The molecule has 1 N–H and O–H groups in total. The molecule has 1 amide bonds. The van der Waals surface area contributed by atoms with Gasteiger partial charge >= 0.3 is 0 Å². The van der Waals surface area contributed by atoms with E-state index in [-0.39, 0.29) is 24.4 Å². The molecule has 1 saturated heterocycles. The molecule has 2 atom stereocenters. The van der Waals surface area contributed by atoms with Crippen molar-refractivity contribution in [1.82, 2.24) is 10.2 Å². The van der Waals surface area contributed by atoms with E-state index in [0.717, 1.165) is 5.76 Å². The quantitative estimate of drug-likeness (QED) is 0.841. The van der Waals surface area contributed by atoms with E-state index < -0.39 is 0 Å². The standard InChI is InChI=1S/C12H15N3O2/c1-9-7-14-12(16)11(4-5-13)15(9)8-10-3-2-6-17-10/h2-3,6,9,11H,4,7-8H2,1H3,(H,14,16). The highest BCUT2D eigenvalue weighted by Crippen LogP contribution is 2.17. The van der Waals surface area contributed by atoms with Gasteiger partial charge in [0, 0.05) is 12.6 Å². The molecule has 2 unspecified atom stereocenters. The number of hydrogen-bond donors (Lipinski definition) is 1. The zero-order valence-corrected chi connectivity index (χ0v) is 9.72. The maximum absolute atomic E-state index is 11.7. The monoisotopic (exact) mass is 233 g/mol. The van der Waals surface area contributed by atoms with Crippen molar-refractivity contribution in [3.8, 4) is 6.07 Å². The number of carbonyl (C=O) groups is 1. The molecule has 5 heteroatoms. The van der Waals surface area contributed by atoms with E-state index in [4.69, 9.17) is 9.68 Å². The Morgan fingerprint density at radius 1 is 1.71 bits per heavy atom. The van der Waals surface area contributed by atoms with Crippen molar-refractivity contribution in [1.29, 1.82) is 5.26 Å². The van der Waals surface area contributed by atoms with Crippen LogP contribution >= 0.6 is 0 Å². The van der Waals surface area contributed by atoms with Gasteiger partial charge in [0.1, 0.15) is 11.8 Å². The van der Waals surface area contributed by atoms with Crippen LogP contribution < -0.4 is 5.32 Å². The number of carbonyl (C=O) groups excluding carboxylic acids is 1. The third-order valence-corrected chi connectivity index (χ3v) is 3.04. The van der Waals surface area contributed by atoms with Crippen molar-refractivity contribution in [2.75, 3.05) is 6.54 Å². The first-order valence-electron chi connectivity index (χ1n) is 5.65. The molecule has 1 fully saturated rings. The fraction of sp³-hybridized carbons (Fsp3) is 0.500. The van der Waals surface area contributed by atoms with E-state index in [9.17, 15) is 4.79 Å². The Balaban J connectivity index is 2.14. The van der Waals surface area contributed by atoms with Crippen molar-refractivity contribution in [2.45, 2.75) is 32.0 Å². The van der Waals surface area contributed by atoms with Crippen LogP contribution in [0, 0.1) is 11.3 Å². The molecule has 0 bridgehead atoms. The second-order valence-corrected chi connectivity index (χ2v) is 4.22. The summed E-state index contributed by atoms with van der Waals surface area (Å²) in [6.07, 6.45) is 1.82. The van der Waals surface area contributed by atoms with E-state index in [2.05, 4.69) is 11.4 Å². The first-order chi connectivity index (χ1) is 8.22. The van der Waals surface area contributed by atoms with Gasteiger partial charge in [-0.05, 0) is 19.1 Å². The highest BCUT2D eigenvalue weighted by Gasteiger charge is 2.34. The van der Waals surface area contributed by atoms with Crippen LogP contribution in [0.5, 0.6) is 0 Å². The predicted octanol–water partition coefficient (Wildman–Crippen LogP) is 0.882. The van der Waals surface area contributed by atoms with Gasteiger partial charge in [-0.3, -0.25) is 9.69 Å². The topological polar surface area (TPSA) is 69.3 Å². The Hall–Kier alpha value is -1.80. The van der Waals surface area contributed by atoms with Gasteiger partial charge in [-0.1, -0.05) is 0 Å². The first kappa shape index (κ1) is 11.7. The number of amides is 1. The minimum absolute atomic E-state index is 0.0730. The zero-order chi connectivity index (χ0) is 12.3. The molecular formula is C12H15N3O2. The van der Waals surface area contributed by atoms with Crippen LogP contribution in [-0.4, -0.2) is 29.4 Å². The summed E-state index contributed by atoms with van der Waals surface area (Å²) in [7, 11) is 0. The van der Waals surface area contributed by atoms with Gasteiger partial charge in [-0.2, -0.15) is 5.26 Å². The molecule has 0 aliphatic carbocycles. The Morgan fingerprint density at radius 2 is 2.53 bits per heavy atom. The number of nitrogens with one attached hydrogen (secondary N) is 1. The molecule has 1 aliphatic heterocycles. The zero-order valence-electron chi connectivity index (χ0n) is 9.72. The molecule has 17 heavy (non-hydrogen) atoms. The molecular weight excluding hydrogens is 218 g/mol. The summed E-state index contributed by atoms with van der Waals surface area (Å²) in [5, 5.41) is 11.6. The van der Waals surface area contributed by atoms with Crippen molar-refractivity contribution in [3.63, 3.8) is 0 Å². The number of furan rings is 1. The van der Waals surface area contributed by atoms with Crippen molar-refractivity contribution < 1.29 is 9.21 Å². The van der Waals surface area contributed by atoms with Gasteiger partial charge < -0.3 is 9.73 Å². The highest BCUT2D eigenvalue weighted by molar-refractivity contribution is 5.82. The minimum Gasteiger partial charge on any atom is -0.468 e. The SMILES string of the molecule is CC1CNC(=O)C(CC#N)N1Cc1ccco1. The lowest BCUT2D eigenvalue weighted by atomic mass is 10.1. The van der Waals surface area contributed by atoms with Gasteiger partial charge in [-0.15, -0.1) is 0 Å². The summed E-state index contributed by atoms with van der Waals surface area (Å²) in [5.74, 6) is 0.741. The molecule has 1 aromatic heterocycles. The van der Waals surface area contributed by atoms with Crippen LogP contribution in [0.15, 0.2) is 22.8 Å². The molecule has 0 spiro atoms. The molecule has 5 nitrogen and oxygen atoms in total. The lowest BCUT2D eigenvalue weighted by Crippen LogP contribution is -2.58. The smallest absolute Gasteiger partial charge is 0.238 e. The largest absolute Gasteiger partial charge is 0.468 e. The van der Waals surface area contributed by atoms with Gasteiger partial charge in [0.25, 0.3) is 0 Å². The summed E-state index contributed by atoms with van der Waals surface area (Å²) in [4.78, 5) is 13.7. The summed E-state index contributed by atoms with van der Waals surface area (Å²) >= 11 is 0. The van der Waals surface area contributed by atoms with Crippen LogP contribution in [0.4, 0.5) is 0 Å². The fourth-order valence-electron chi connectivity index (χ4n) is 2.09. The number of nitriles is 1. The summed E-state index contributed by atoms with van der Waals surface area (Å²) in [6, 6.07) is 5.59. The molecule has 0 radical (unpaired) electrons. The van der Waals surface area contributed by atoms with Crippen LogP contribution in [0.3, 0.4) is 0 Å². The van der Waals surface area contributed by atoms with Crippen LogP contribution in [0.2, 0.25) is 0 Å². The minimum atomic E-state index is -0.381. The van der Waals surface area contributed by atoms with E-state index in [1.807, 2.05) is 24.0 Å². The average Bonchev–Trinajstić information content (AvgIpc) is 2.81. The van der Waals surface area contributed by atoms with Crippen molar-refractivity contribution >= 4 is 5.91 Å². The number of rotatable bonds is 3. The molecule has 90 valence electrons. The Morgan fingerprint density at radius 3 is 3.18 bits per heavy atom. The molecule has 0 aromatic carbocycles. The van der Waals surface area contributed by atoms with Crippen LogP contribution in [0.1, 0.15) is 19.1 Å². The lowest BCUT2D eigenvalue weighted by Gasteiger charge is -2.38. The van der Waals surface area contributed by atoms with E-state index >= 15 is 0 Å². The Bertz CT molecular complexity index is 421. The number of hydrogen-bond acceptors (Lipinski definition) is 4. The third-order valence-electron chi connectivity index (χ3n) is 3.04. The summed E-state index contributed by atoms with van der Waals surface area (Å²) in [5.41, 5.74) is 0. The van der Waals surface area contributed by atoms with Gasteiger partial charge in [-0.25, -0.2) is 0 Å². The molecule has 2 heterocycles. The first-order valence-corrected chi connectivity index (χ1v) is 5.65. The molecule has 2 rings (SSSR count). The van der Waals surface area contributed by atoms with Gasteiger partial charge in [0.2, 0.25) is 5.91 Å². The number of piperazine rings is 1. The van der Waals surface area contributed by atoms with E-state index in [1.54, 1.807) is 6.26 Å². The molecule has 0 saturated carbocycles. The van der Waals surface area contributed by atoms with Crippen molar-refractivity contribution in [3.05, 3.63) is 24.2 Å². The van der Waals surface area contributed by atoms with E-state index in [0.29, 0.717) is 13.1 Å². The second-order valence-electron chi connectivity index (χ2n) is 4.22. The Kier molecular flexibility index (Phi) is 3.45. The summed E-state index contributed by atoms with van der Waals surface area (Å²) < 4.78 is 5.29. The highest BCUT2D eigenvalue weighted by atomic mass is 16.3. The average molecular weight is 233 g/mol. The maximum Gasteiger partial charge on any atom is 0.238 e.